The number of nitrogens with zero attached hydrogens (tertiary/aromatic N) is 3. The normalized spacial score (nSPS) is 14.8. The average molecular weight is 372 g/mol. The van der Waals surface area contributed by atoms with Gasteiger partial charge in [-0.1, -0.05) is 23.4 Å². The summed E-state index contributed by atoms with van der Waals surface area (Å²) in [5.41, 5.74) is 4.60. The zero-order chi connectivity index (χ0) is 18.8. The van der Waals surface area contributed by atoms with Crippen molar-refractivity contribution in [3.8, 4) is 0 Å². The highest BCUT2D eigenvalue weighted by Crippen LogP contribution is 2.27. The molecule has 2 heterocycles. The number of thioether (sulfide) groups is 1. The Hall–Kier alpha value is -2.08. The molecule has 0 saturated carbocycles. The van der Waals surface area contributed by atoms with Crippen LogP contribution in [0.15, 0.2) is 23.2 Å². The zero-order valence-corrected chi connectivity index (χ0v) is 16.7. The quantitative estimate of drug-likeness (QED) is 0.779. The minimum absolute atomic E-state index is 0.0768. The van der Waals surface area contributed by atoms with Crippen LogP contribution in [0.1, 0.15) is 23.6 Å². The van der Waals surface area contributed by atoms with Gasteiger partial charge < -0.3 is 9.80 Å². The van der Waals surface area contributed by atoms with Gasteiger partial charge in [0, 0.05) is 38.5 Å². The van der Waals surface area contributed by atoms with E-state index >= 15 is 0 Å². The summed E-state index contributed by atoms with van der Waals surface area (Å²) >= 11 is 1.49. The average Bonchev–Trinajstić information content (AvgIpc) is 2.60. The van der Waals surface area contributed by atoms with Crippen molar-refractivity contribution in [3.05, 3.63) is 34.9 Å². The molecule has 1 aliphatic rings. The van der Waals surface area contributed by atoms with Gasteiger partial charge in [0.25, 0.3) is 0 Å². The standard InChI is InChI=1S/C20H25N3O2S/c1-13-9-15(3)20-17(10-13)14(2)11-18(21-20)26-12-19(25)23-7-5-22(6-8-23)16(4)24/h9-11H,5-8,12H2,1-4H3. The van der Waals surface area contributed by atoms with E-state index in [2.05, 4.69) is 39.0 Å². The second-order valence-corrected chi connectivity index (χ2v) is 7.93. The monoisotopic (exact) mass is 371 g/mol. The summed E-state index contributed by atoms with van der Waals surface area (Å²) in [6.45, 7) is 10.3. The van der Waals surface area contributed by atoms with Crippen LogP contribution in [0.5, 0.6) is 0 Å². The van der Waals surface area contributed by atoms with E-state index in [0.717, 1.165) is 16.1 Å². The number of piperazine rings is 1. The van der Waals surface area contributed by atoms with Gasteiger partial charge in [-0.05, 0) is 44.0 Å². The third-order valence-corrected chi connectivity index (χ3v) is 5.75. The number of aromatic nitrogens is 1. The summed E-state index contributed by atoms with van der Waals surface area (Å²) in [4.78, 5) is 32.3. The maximum Gasteiger partial charge on any atom is 0.233 e. The lowest BCUT2D eigenvalue weighted by atomic mass is 10.0. The lowest BCUT2D eigenvalue weighted by Gasteiger charge is -2.34. The van der Waals surface area contributed by atoms with Crippen molar-refractivity contribution in [2.45, 2.75) is 32.7 Å². The van der Waals surface area contributed by atoms with Crippen LogP contribution in [0.2, 0.25) is 0 Å². The van der Waals surface area contributed by atoms with E-state index in [1.54, 1.807) is 11.8 Å². The summed E-state index contributed by atoms with van der Waals surface area (Å²) in [5.74, 6) is 0.564. The zero-order valence-electron chi connectivity index (χ0n) is 15.8. The molecule has 1 aromatic heterocycles. The van der Waals surface area contributed by atoms with Crippen LogP contribution in [0, 0.1) is 20.8 Å². The van der Waals surface area contributed by atoms with Crippen LogP contribution < -0.4 is 0 Å². The second kappa shape index (κ2) is 7.66. The van der Waals surface area contributed by atoms with Crippen molar-refractivity contribution >= 4 is 34.5 Å². The highest BCUT2D eigenvalue weighted by molar-refractivity contribution is 7.99. The van der Waals surface area contributed by atoms with Gasteiger partial charge in [0.2, 0.25) is 11.8 Å². The molecule has 0 aliphatic carbocycles. The first kappa shape index (κ1) is 18.7. The molecule has 5 nitrogen and oxygen atoms in total. The molecular weight excluding hydrogens is 346 g/mol. The number of pyridine rings is 1. The lowest BCUT2D eigenvalue weighted by molar-refractivity contribution is -0.136. The van der Waals surface area contributed by atoms with Crippen molar-refractivity contribution in [1.29, 1.82) is 0 Å². The Labute approximate surface area is 158 Å². The summed E-state index contributed by atoms with van der Waals surface area (Å²) in [6, 6.07) is 6.37. The Morgan fingerprint density at radius 3 is 2.31 bits per heavy atom. The largest absolute Gasteiger partial charge is 0.339 e. The van der Waals surface area contributed by atoms with Crippen LogP contribution >= 0.6 is 11.8 Å². The van der Waals surface area contributed by atoms with E-state index in [1.165, 1.54) is 28.3 Å². The minimum atomic E-state index is 0.0768. The van der Waals surface area contributed by atoms with Crippen molar-refractivity contribution in [2.75, 3.05) is 31.9 Å². The molecule has 1 aromatic carbocycles. The van der Waals surface area contributed by atoms with Gasteiger partial charge in [-0.25, -0.2) is 4.98 Å². The molecule has 6 heteroatoms. The second-order valence-electron chi connectivity index (χ2n) is 6.93. The van der Waals surface area contributed by atoms with E-state index in [4.69, 9.17) is 4.98 Å². The molecule has 26 heavy (non-hydrogen) atoms. The first-order chi connectivity index (χ1) is 12.3. The van der Waals surface area contributed by atoms with E-state index in [-0.39, 0.29) is 11.8 Å². The van der Waals surface area contributed by atoms with Crippen molar-refractivity contribution in [2.24, 2.45) is 0 Å². The van der Waals surface area contributed by atoms with Crippen LogP contribution in [-0.2, 0) is 9.59 Å². The molecule has 0 atom stereocenters. The molecule has 0 unspecified atom stereocenters. The molecule has 0 bridgehead atoms. The van der Waals surface area contributed by atoms with Crippen LogP contribution in [0.25, 0.3) is 10.9 Å². The number of hydrogen-bond acceptors (Lipinski definition) is 4. The van der Waals surface area contributed by atoms with E-state index in [1.807, 2.05) is 4.90 Å². The topological polar surface area (TPSA) is 53.5 Å². The molecule has 0 N–H and O–H groups in total. The molecule has 138 valence electrons. The molecule has 3 rings (SSSR count). The fourth-order valence-electron chi connectivity index (χ4n) is 3.39. The number of rotatable bonds is 3. The van der Waals surface area contributed by atoms with E-state index < -0.39 is 0 Å². The summed E-state index contributed by atoms with van der Waals surface area (Å²) in [7, 11) is 0. The Kier molecular flexibility index (Phi) is 5.51. The van der Waals surface area contributed by atoms with Gasteiger partial charge in [0.1, 0.15) is 0 Å². The Bertz CT molecular complexity index is 858. The Balaban J connectivity index is 1.66. The van der Waals surface area contributed by atoms with Crippen molar-refractivity contribution in [1.82, 2.24) is 14.8 Å². The number of benzene rings is 1. The van der Waals surface area contributed by atoms with Gasteiger partial charge in [0.05, 0.1) is 16.3 Å². The van der Waals surface area contributed by atoms with Gasteiger partial charge in [0.15, 0.2) is 0 Å². The molecule has 2 aromatic rings. The van der Waals surface area contributed by atoms with Gasteiger partial charge in [-0.15, -0.1) is 0 Å². The minimum Gasteiger partial charge on any atom is -0.339 e. The molecule has 1 fully saturated rings. The lowest BCUT2D eigenvalue weighted by Crippen LogP contribution is -2.50. The maximum absolute atomic E-state index is 12.5. The maximum atomic E-state index is 12.5. The number of aryl methyl sites for hydroxylation is 3. The Morgan fingerprint density at radius 1 is 1.00 bits per heavy atom. The number of fused-ring (bicyclic) bond motifs is 1. The fourth-order valence-corrected chi connectivity index (χ4v) is 4.26. The van der Waals surface area contributed by atoms with Gasteiger partial charge >= 0.3 is 0 Å². The summed E-state index contributed by atoms with van der Waals surface area (Å²) in [6.07, 6.45) is 0. The first-order valence-corrected chi connectivity index (χ1v) is 9.88. The molecule has 0 spiro atoms. The van der Waals surface area contributed by atoms with E-state index in [9.17, 15) is 9.59 Å². The Morgan fingerprint density at radius 2 is 1.65 bits per heavy atom. The third kappa shape index (κ3) is 4.01. The molecular formula is C20H25N3O2S. The summed E-state index contributed by atoms with van der Waals surface area (Å²) < 4.78 is 0. The first-order valence-electron chi connectivity index (χ1n) is 8.90. The molecule has 0 radical (unpaired) electrons. The van der Waals surface area contributed by atoms with E-state index in [0.29, 0.717) is 31.9 Å². The highest BCUT2D eigenvalue weighted by Gasteiger charge is 2.22. The van der Waals surface area contributed by atoms with Crippen molar-refractivity contribution in [3.63, 3.8) is 0 Å². The molecule has 1 aliphatic heterocycles. The number of carbonyl (C=O) groups is 2. The fraction of sp³-hybridized carbons (Fsp3) is 0.450. The molecule has 1 saturated heterocycles. The van der Waals surface area contributed by atoms with Gasteiger partial charge in [-0.2, -0.15) is 0 Å². The number of amides is 2. The predicted molar refractivity (Wildman–Crippen MR) is 106 cm³/mol. The number of carbonyl (C=O) groups excluding carboxylic acids is 2. The predicted octanol–water partition coefficient (Wildman–Crippen LogP) is 2.94. The van der Waals surface area contributed by atoms with Gasteiger partial charge in [-0.3, -0.25) is 9.59 Å². The molecule has 2 amide bonds. The van der Waals surface area contributed by atoms with Crippen molar-refractivity contribution < 1.29 is 9.59 Å². The SMILES string of the molecule is CC(=O)N1CCN(C(=O)CSc2cc(C)c3cc(C)cc(C)c3n2)CC1. The van der Waals surface area contributed by atoms with Crippen LogP contribution in [0.3, 0.4) is 0 Å². The summed E-state index contributed by atoms with van der Waals surface area (Å²) in [5, 5.41) is 2.07. The highest BCUT2D eigenvalue weighted by atomic mass is 32.2. The van der Waals surface area contributed by atoms with Crippen LogP contribution in [0.4, 0.5) is 0 Å². The number of hydrogen-bond donors (Lipinski definition) is 0. The van der Waals surface area contributed by atoms with Crippen LogP contribution in [-0.4, -0.2) is 58.5 Å². The smallest absolute Gasteiger partial charge is 0.233 e. The third-order valence-electron chi connectivity index (χ3n) is 4.85.